The molecule has 1 fully saturated rings. The van der Waals surface area contributed by atoms with E-state index in [0.717, 1.165) is 19.3 Å². The fourth-order valence-electron chi connectivity index (χ4n) is 1.91. The van der Waals surface area contributed by atoms with E-state index in [-0.39, 0.29) is 30.2 Å². The minimum atomic E-state index is -0.594. The largest absolute Gasteiger partial charge is 0.395 e. The highest BCUT2D eigenvalue weighted by Gasteiger charge is 2.32. The molecule has 5 nitrogen and oxygen atoms in total. The number of aliphatic hydroxyl groups excluding tert-OH is 1. The van der Waals surface area contributed by atoms with Crippen LogP contribution in [-0.4, -0.2) is 52.8 Å². The zero-order valence-corrected chi connectivity index (χ0v) is 10.9. The van der Waals surface area contributed by atoms with Crippen molar-refractivity contribution in [1.82, 2.24) is 10.2 Å². The van der Waals surface area contributed by atoms with E-state index in [4.69, 9.17) is 5.11 Å². The van der Waals surface area contributed by atoms with Gasteiger partial charge in [-0.3, -0.25) is 9.59 Å². The first-order valence-electron chi connectivity index (χ1n) is 5.89. The Morgan fingerprint density at radius 2 is 2.18 bits per heavy atom. The van der Waals surface area contributed by atoms with Crippen LogP contribution in [0.1, 0.15) is 26.2 Å². The molecule has 1 aliphatic carbocycles. The quantitative estimate of drug-likeness (QED) is 0.579. The molecule has 0 aromatic rings. The van der Waals surface area contributed by atoms with Crippen LogP contribution in [0.5, 0.6) is 0 Å². The number of nitrogens with one attached hydrogen (secondary N) is 1. The summed E-state index contributed by atoms with van der Waals surface area (Å²) in [6.45, 7) is 1.65. The molecule has 0 saturated heterocycles. The Morgan fingerprint density at radius 1 is 1.53 bits per heavy atom. The highest BCUT2D eigenvalue weighted by atomic mass is 32.1. The molecule has 0 bridgehead atoms. The second-order valence-electron chi connectivity index (χ2n) is 4.28. The molecule has 1 unspecified atom stereocenters. The summed E-state index contributed by atoms with van der Waals surface area (Å²) in [4.78, 5) is 24.8. The van der Waals surface area contributed by atoms with Crippen molar-refractivity contribution in [2.75, 3.05) is 18.9 Å². The summed E-state index contributed by atoms with van der Waals surface area (Å²) >= 11 is 4.08. The summed E-state index contributed by atoms with van der Waals surface area (Å²) in [5, 5.41) is 11.6. The lowest BCUT2D eigenvalue weighted by Crippen LogP contribution is -2.54. The smallest absolute Gasteiger partial charge is 0.246 e. The van der Waals surface area contributed by atoms with Gasteiger partial charge in [0.05, 0.1) is 6.61 Å². The molecule has 1 atom stereocenters. The van der Waals surface area contributed by atoms with Crippen LogP contribution in [0.3, 0.4) is 0 Å². The number of hydrogen-bond acceptors (Lipinski definition) is 4. The highest BCUT2D eigenvalue weighted by molar-refractivity contribution is 7.80. The number of aliphatic hydroxyl groups is 1. The van der Waals surface area contributed by atoms with Gasteiger partial charge in [0, 0.05) is 25.3 Å². The van der Waals surface area contributed by atoms with Crippen LogP contribution in [0.2, 0.25) is 0 Å². The third-order valence-electron chi connectivity index (χ3n) is 3.00. The molecule has 1 aliphatic rings. The molecule has 0 heterocycles. The summed E-state index contributed by atoms with van der Waals surface area (Å²) in [6, 6.07) is -0.381. The minimum Gasteiger partial charge on any atom is -0.395 e. The number of carbonyl (C=O) groups is 2. The molecule has 0 aliphatic heterocycles. The summed E-state index contributed by atoms with van der Waals surface area (Å²) in [6.07, 6.45) is 3.07. The van der Waals surface area contributed by atoms with E-state index < -0.39 is 6.04 Å². The maximum atomic E-state index is 12.2. The van der Waals surface area contributed by atoms with Gasteiger partial charge in [-0.15, -0.1) is 0 Å². The lowest BCUT2D eigenvalue weighted by molar-refractivity contribution is -0.139. The molecular weight excluding hydrogens is 240 g/mol. The molecule has 2 amide bonds. The van der Waals surface area contributed by atoms with Crippen molar-refractivity contribution in [3.8, 4) is 0 Å². The van der Waals surface area contributed by atoms with Crippen LogP contribution < -0.4 is 5.32 Å². The van der Waals surface area contributed by atoms with Crippen molar-refractivity contribution in [2.24, 2.45) is 0 Å². The Balaban J connectivity index is 2.63. The molecular formula is C11H20N2O3S. The van der Waals surface area contributed by atoms with Gasteiger partial charge in [-0.05, 0) is 19.3 Å². The molecule has 0 aromatic carbocycles. The monoisotopic (exact) mass is 260 g/mol. The van der Waals surface area contributed by atoms with Crippen molar-refractivity contribution in [3.05, 3.63) is 0 Å². The molecule has 2 N–H and O–H groups in total. The van der Waals surface area contributed by atoms with Crippen LogP contribution >= 0.6 is 12.6 Å². The predicted molar refractivity (Wildman–Crippen MR) is 67.9 cm³/mol. The van der Waals surface area contributed by atoms with Gasteiger partial charge in [-0.2, -0.15) is 12.6 Å². The zero-order valence-electron chi connectivity index (χ0n) is 10.1. The van der Waals surface area contributed by atoms with E-state index in [1.807, 2.05) is 0 Å². The third kappa shape index (κ3) is 3.89. The maximum Gasteiger partial charge on any atom is 0.246 e. The van der Waals surface area contributed by atoms with Gasteiger partial charge >= 0.3 is 0 Å². The van der Waals surface area contributed by atoms with Crippen molar-refractivity contribution in [2.45, 2.75) is 38.3 Å². The van der Waals surface area contributed by atoms with Gasteiger partial charge in [0.2, 0.25) is 11.8 Å². The van der Waals surface area contributed by atoms with Gasteiger partial charge in [-0.25, -0.2) is 0 Å². The average molecular weight is 260 g/mol. The second kappa shape index (κ2) is 6.86. The van der Waals surface area contributed by atoms with E-state index >= 15 is 0 Å². The average Bonchev–Trinajstić information content (AvgIpc) is 2.21. The van der Waals surface area contributed by atoms with E-state index in [1.165, 1.54) is 6.92 Å². The summed E-state index contributed by atoms with van der Waals surface area (Å²) in [7, 11) is 0. The van der Waals surface area contributed by atoms with E-state index in [2.05, 4.69) is 17.9 Å². The number of amides is 2. The summed E-state index contributed by atoms with van der Waals surface area (Å²) < 4.78 is 0. The lowest BCUT2D eigenvalue weighted by atomic mass is 9.91. The topological polar surface area (TPSA) is 69.6 Å². The molecule has 0 radical (unpaired) electrons. The van der Waals surface area contributed by atoms with Gasteiger partial charge in [0.15, 0.2) is 0 Å². The van der Waals surface area contributed by atoms with Crippen LogP contribution in [0, 0.1) is 0 Å². The van der Waals surface area contributed by atoms with Crippen molar-refractivity contribution < 1.29 is 14.7 Å². The highest BCUT2D eigenvalue weighted by Crippen LogP contribution is 2.25. The number of rotatable bonds is 6. The van der Waals surface area contributed by atoms with Crippen LogP contribution in [-0.2, 0) is 9.59 Å². The molecule has 6 heteroatoms. The van der Waals surface area contributed by atoms with Crippen LogP contribution in [0.15, 0.2) is 0 Å². The molecule has 1 saturated carbocycles. The Hall–Kier alpha value is -0.750. The standard InChI is InChI=1S/C11H20N2O3S/c1-8(15)12-10(7-17)11(16)13(5-6-14)9-3-2-4-9/h9-10,14,17H,2-7H2,1H3,(H,12,15). The first-order valence-corrected chi connectivity index (χ1v) is 6.52. The number of nitrogens with zero attached hydrogens (tertiary/aromatic N) is 1. The fraction of sp³-hybridized carbons (Fsp3) is 0.818. The molecule has 1 rings (SSSR count). The molecule has 17 heavy (non-hydrogen) atoms. The predicted octanol–water partition coefficient (Wildman–Crippen LogP) is -0.206. The fourth-order valence-corrected chi connectivity index (χ4v) is 2.16. The Labute approximate surface area is 107 Å². The van der Waals surface area contributed by atoms with Gasteiger partial charge in [-0.1, -0.05) is 0 Å². The van der Waals surface area contributed by atoms with Crippen molar-refractivity contribution in [3.63, 3.8) is 0 Å². The van der Waals surface area contributed by atoms with Crippen LogP contribution in [0.4, 0.5) is 0 Å². The lowest BCUT2D eigenvalue weighted by Gasteiger charge is -2.39. The van der Waals surface area contributed by atoms with Gasteiger partial charge < -0.3 is 15.3 Å². The Bertz CT molecular complexity index is 282. The first kappa shape index (κ1) is 14.3. The normalized spacial score (nSPS) is 17.1. The zero-order chi connectivity index (χ0) is 12.8. The summed E-state index contributed by atoms with van der Waals surface area (Å²) in [5.74, 6) is -0.114. The number of hydrogen-bond donors (Lipinski definition) is 3. The Morgan fingerprint density at radius 3 is 2.53 bits per heavy atom. The number of thiol groups is 1. The molecule has 0 spiro atoms. The van der Waals surface area contributed by atoms with E-state index in [0.29, 0.717) is 6.54 Å². The minimum absolute atomic E-state index is 0.0540. The third-order valence-corrected chi connectivity index (χ3v) is 3.36. The summed E-state index contributed by atoms with van der Waals surface area (Å²) in [5.41, 5.74) is 0. The molecule has 98 valence electrons. The second-order valence-corrected chi connectivity index (χ2v) is 4.64. The van der Waals surface area contributed by atoms with E-state index in [9.17, 15) is 9.59 Å². The first-order chi connectivity index (χ1) is 8.10. The van der Waals surface area contributed by atoms with Crippen molar-refractivity contribution in [1.29, 1.82) is 0 Å². The van der Waals surface area contributed by atoms with Crippen LogP contribution in [0.25, 0.3) is 0 Å². The molecule has 0 aromatic heterocycles. The van der Waals surface area contributed by atoms with Gasteiger partial charge in [0.25, 0.3) is 0 Å². The SMILES string of the molecule is CC(=O)NC(CS)C(=O)N(CCO)C1CCC1. The Kier molecular flexibility index (Phi) is 5.77. The van der Waals surface area contributed by atoms with Gasteiger partial charge in [0.1, 0.15) is 6.04 Å². The number of carbonyl (C=O) groups excluding carboxylic acids is 2. The van der Waals surface area contributed by atoms with Crippen molar-refractivity contribution >= 4 is 24.4 Å². The maximum absolute atomic E-state index is 12.2. The van der Waals surface area contributed by atoms with E-state index in [1.54, 1.807) is 4.90 Å².